The quantitative estimate of drug-likeness (QED) is 0.813. The SMILES string of the molecule is CCOc1ccc(C(=O)Nc2cccc(CN3CCCC3=O)c2)cc1OC. The van der Waals surface area contributed by atoms with Crippen LogP contribution in [0.15, 0.2) is 42.5 Å². The second-order valence-electron chi connectivity index (χ2n) is 6.37. The molecule has 27 heavy (non-hydrogen) atoms. The van der Waals surface area contributed by atoms with Gasteiger partial charge in [-0.1, -0.05) is 12.1 Å². The van der Waals surface area contributed by atoms with Crippen molar-refractivity contribution in [2.45, 2.75) is 26.3 Å². The molecule has 2 aromatic carbocycles. The average Bonchev–Trinajstić information content (AvgIpc) is 3.07. The third-order valence-corrected chi connectivity index (χ3v) is 4.46. The molecule has 6 nitrogen and oxygen atoms in total. The van der Waals surface area contributed by atoms with Crippen LogP contribution >= 0.6 is 0 Å². The number of carbonyl (C=O) groups excluding carboxylic acids is 2. The topological polar surface area (TPSA) is 67.9 Å². The molecule has 0 spiro atoms. The zero-order valence-corrected chi connectivity index (χ0v) is 15.7. The lowest BCUT2D eigenvalue weighted by molar-refractivity contribution is -0.128. The van der Waals surface area contributed by atoms with Crippen LogP contribution in [0.2, 0.25) is 0 Å². The summed E-state index contributed by atoms with van der Waals surface area (Å²) in [4.78, 5) is 26.2. The van der Waals surface area contributed by atoms with Gasteiger partial charge in [-0.3, -0.25) is 9.59 Å². The number of benzene rings is 2. The first-order valence-corrected chi connectivity index (χ1v) is 9.09. The minimum absolute atomic E-state index is 0.186. The number of hydrogen-bond acceptors (Lipinski definition) is 4. The van der Waals surface area contributed by atoms with Gasteiger partial charge in [0.05, 0.1) is 13.7 Å². The first-order valence-electron chi connectivity index (χ1n) is 9.09. The van der Waals surface area contributed by atoms with E-state index in [4.69, 9.17) is 9.47 Å². The molecule has 1 aliphatic heterocycles. The first kappa shape index (κ1) is 18.8. The van der Waals surface area contributed by atoms with Crippen molar-refractivity contribution in [3.05, 3.63) is 53.6 Å². The molecule has 2 aromatic rings. The van der Waals surface area contributed by atoms with Crippen molar-refractivity contribution in [2.75, 3.05) is 25.6 Å². The standard InChI is InChI=1S/C21H24N2O4/c1-3-27-18-10-9-16(13-19(18)26-2)21(25)22-17-7-4-6-15(12-17)14-23-11-5-8-20(23)24/h4,6-7,9-10,12-13H,3,5,8,11,14H2,1-2H3,(H,22,25). The highest BCUT2D eigenvalue weighted by molar-refractivity contribution is 6.04. The summed E-state index contributed by atoms with van der Waals surface area (Å²) in [6, 6.07) is 12.7. The van der Waals surface area contributed by atoms with Crippen LogP contribution in [0.3, 0.4) is 0 Å². The van der Waals surface area contributed by atoms with E-state index < -0.39 is 0 Å². The molecular formula is C21H24N2O4. The second kappa shape index (κ2) is 8.58. The molecule has 0 bridgehead atoms. The maximum Gasteiger partial charge on any atom is 0.255 e. The van der Waals surface area contributed by atoms with E-state index in [0.717, 1.165) is 18.5 Å². The number of nitrogens with one attached hydrogen (secondary N) is 1. The maximum atomic E-state index is 12.6. The number of ether oxygens (including phenoxy) is 2. The van der Waals surface area contributed by atoms with Crippen molar-refractivity contribution in [2.24, 2.45) is 0 Å². The van der Waals surface area contributed by atoms with E-state index in [1.165, 1.54) is 0 Å². The Hall–Kier alpha value is -3.02. The Morgan fingerprint density at radius 2 is 2.04 bits per heavy atom. The van der Waals surface area contributed by atoms with Crippen molar-refractivity contribution in [1.82, 2.24) is 4.90 Å². The molecule has 0 saturated carbocycles. The summed E-state index contributed by atoms with van der Waals surface area (Å²) in [5.74, 6) is 1.08. The van der Waals surface area contributed by atoms with Gasteiger partial charge in [0.15, 0.2) is 11.5 Å². The summed E-state index contributed by atoms with van der Waals surface area (Å²) in [6.45, 7) is 3.78. The Balaban J connectivity index is 1.70. The van der Waals surface area contributed by atoms with Crippen molar-refractivity contribution < 1.29 is 19.1 Å². The summed E-state index contributed by atoms with van der Waals surface area (Å²) >= 11 is 0. The highest BCUT2D eigenvalue weighted by atomic mass is 16.5. The number of anilines is 1. The smallest absolute Gasteiger partial charge is 0.255 e. The number of nitrogens with zero attached hydrogens (tertiary/aromatic N) is 1. The summed E-state index contributed by atoms with van der Waals surface area (Å²) < 4.78 is 10.8. The fraction of sp³-hybridized carbons (Fsp3) is 0.333. The highest BCUT2D eigenvalue weighted by Crippen LogP contribution is 2.28. The lowest BCUT2D eigenvalue weighted by atomic mass is 10.1. The van der Waals surface area contributed by atoms with Gasteiger partial charge in [-0.05, 0) is 49.2 Å². The Bertz CT molecular complexity index is 835. The summed E-state index contributed by atoms with van der Waals surface area (Å²) in [7, 11) is 1.54. The molecule has 0 atom stereocenters. The molecule has 142 valence electrons. The number of likely N-dealkylation sites (tertiary alicyclic amines) is 1. The van der Waals surface area contributed by atoms with Crippen LogP contribution in [0.1, 0.15) is 35.7 Å². The third-order valence-electron chi connectivity index (χ3n) is 4.46. The molecule has 1 fully saturated rings. The third kappa shape index (κ3) is 4.58. The molecule has 1 N–H and O–H groups in total. The van der Waals surface area contributed by atoms with Gasteiger partial charge >= 0.3 is 0 Å². The van der Waals surface area contributed by atoms with Crippen molar-refractivity contribution >= 4 is 17.5 Å². The monoisotopic (exact) mass is 368 g/mol. The summed E-state index contributed by atoms with van der Waals surface area (Å²) in [5, 5.41) is 2.90. The molecule has 0 unspecified atom stereocenters. The maximum absolute atomic E-state index is 12.6. The van der Waals surface area contributed by atoms with E-state index in [2.05, 4.69) is 5.32 Å². The molecule has 2 amide bonds. The minimum atomic E-state index is -0.231. The van der Waals surface area contributed by atoms with Crippen molar-refractivity contribution in [3.63, 3.8) is 0 Å². The van der Waals surface area contributed by atoms with Gasteiger partial charge in [0.2, 0.25) is 5.91 Å². The molecule has 6 heteroatoms. The Morgan fingerprint density at radius 3 is 2.74 bits per heavy atom. The van der Waals surface area contributed by atoms with Crippen molar-refractivity contribution in [3.8, 4) is 11.5 Å². The fourth-order valence-electron chi connectivity index (χ4n) is 3.13. The first-order chi connectivity index (χ1) is 13.1. The Morgan fingerprint density at radius 1 is 1.19 bits per heavy atom. The minimum Gasteiger partial charge on any atom is -0.493 e. The van der Waals surface area contributed by atoms with E-state index in [0.29, 0.717) is 42.3 Å². The van der Waals surface area contributed by atoms with Gasteiger partial charge in [-0.2, -0.15) is 0 Å². The largest absolute Gasteiger partial charge is 0.493 e. The van der Waals surface area contributed by atoms with Crippen LogP contribution < -0.4 is 14.8 Å². The van der Waals surface area contributed by atoms with E-state index >= 15 is 0 Å². The second-order valence-corrected chi connectivity index (χ2v) is 6.37. The molecule has 0 aliphatic carbocycles. The molecule has 0 radical (unpaired) electrons. The van der Waals surface area contributed by atoms with Gasteiger partial charge < -0.3 is 19.7 Å². The van der Waals surface area contributed by atoms with Crippen LogP contribution in [0, 0.1) is 0 Å². The highest BCUT2D eigenvalue weighted by Gasteiger charge is 2.20. The number of carbonyl (C=O) groups is 2. The number of amides is 2. The van der Waals surface area contributed by atoms with Gasteiger partial charge in [0.25, 0.3) is 5.91 Å². The van der Waals surface area contributed by atoms with Gasteiger partial charge in [-0.25, -0.2) is 0 Å². The van der Waals surface area contributed by atoms with Crippen LogP contribution in [0.25, 0.3) is 0 Å². The van der Waals surface area contributed by atoms with E-state index in [1.807, 2.05) is 36.1 Å². The Kier molecular flexibility index (Phi) is 5.96. The molecule has 1 heterocycles. The molecule has 1 aliphatic rings. The zero-order valence-electron chi connectivity index (χ0n) is 15.7. The van der Waals surface area contributed by atoms with Gasteiger partial charge in [-0.15, -0.1) is 0 Å². The van der Waals surface area contributed by atoms with Crippen LogP contribution in [0.4, 0.5) is 5.69 Å². The Labute approximate surface area is 159 Å². The summed E-state index contributed by atoms with van der Waals surface area (Å²) in [5.41, 5.74) is 2.17. The van der Waals surface area contributed by atoms with Gasteiger partial charge in [0, 0.05) is 30.8 Å². The van der Waals surface area contributed by atoms with Crippen LogP contribution in [-0.4, -0.2) is 37.0 Å². The fourth-order valence-corrected chi connectivity index (χ4v) is 3.13. The predicted octanol–water partition coefficient (Wildman–Crippen LogP) is 3.47. The normalized spacial score (nSPS) is 13.6. The molecule has 1 saturated heterocycles. The van der Waals surface area contributed by atoms with Crippen LogP contribution in [-0.2, 0) is 11.3 Å². The molecular weight excluding hydrogens is 344 g/mol. The molecule has 0 aromatic heterocycles. The number of hydrogen-bond donors (Lipinski definition) is 1. The zero-order chi connectivity index (χ0) is 19.2. The predicted molar refractivity (Wildman–Crippen MR) is 103 cm³/mol. The number of methoxy groups -OCH3 is 1. The van der Waals surface area contributed by atoms with Crippen LogP contribution in [0.5, 0.6) is 11.5 Å². The molecule has 3 rings (SSSR count). The average molecular weight is 368 g/mol. The summed E-state index contributed by atoms with van der Waals surface area (Å²) in [6.07, 6.45) is 1.53. The van der Waals surface area contributed by atoms with Gasteiger partial charge in [0.1, 0.15) is 0 Å². The number of rotatable bonds is 7. The lowest BCUT2D eigenvalue weighted by Gasteiger charge is -2.16. The van der Waals surface area contributed by atoms with E-state index in [1.54, 1.807) is 25.3 Å². The van der Waals surface area contributed by atoms with E-state index in [-0.39, 0.29) is 11.8 Å². The van der Waals surface area contributed by atoms with E-state index in [9.17, 15) is 9.59 Å². The van der Waals surface area contributed by atoms with Crippen molar-refractivity contribution in [1.29, 1.82) is 0 Å². The lowest BCUT2D eigenvalue weighted by Crippen LogP contribution is -2.23.